The van der Waals surface area contributed by atoms with Gasteiger partial charge in [-0.25, -0.2) is 0 Å². The maximum absolute atomic E-state index is 12.2. The molecule has 0 N–H and O–H groups in total. The van der Waals surface area contributed by atoms with Crippen LogP contribution in [0, 0.1) is 0 Å². The molecule has 0 radical (unpaired) electrons. The first-order valence-electron chi connectivity index (χ1n) is 12.7. The second-order valence-electron chi connectivity index (χ2n) is 8.71. The number of ketones is 1. The van der Waals surface area contributed by atoms with Crippen molar-refractivity contribution in [3.63, 3.8) is 0 Å². The van der Waals surface area contributed by atoms with Crippen LogP contribution in [0.25, 0.3) is 5.76 Å². The lowest BCUT2D eigenvalue weighted by Gasteiger charge is -2.26. The number of nitrogens with zero attached hydrogens (tertiary/aromatic N) is 2. The minimum atomic E-state index is -0.127. The molecule has 2 aromatic carbocycles. The third kappa shape index (κ3) is 7.81. The smallest absolute Gasteiger partial charge is 0.163 e. The molecule has 0 spiro atoms. The van der Waals surface area contributed by atoms with Crippen LogP contribution in [0.3, 0.4) is 0 Å². The fourth-order valence-corrected chi connectivity index (χ4v) is 4.16. The number of carbonyl (C=O) groups excluding carboxylic acids is 1. The molecular formula is C29H38N2O6. The predicted molar refractivity (Wildman–Crippen MR) is 146 cm³/mol. The summed E-state index contributed by atoms with van der Waals surface area (Å²) in [5.74, 6) is 2.57. The molecule has 1 aliphatic heterocycles. The summed E-state index contributed by atoms with van der Waals surface area (Å²) in [4.78, 5) is 18.9. The lowest BCUT2D eigenvalue weighted by Crippen LogP contribution is -2.36. The van der Waals surface area contributed by atoms with E-state index >= 15 is 0 Å². The highest BCUT2D eigenvalue weighted by atomic mass is 16.5. The van der Waals surface area contributed by atoms with E-state index in [2.05, 4.69) is 16.6 Å². The molecule has 1 aliphatic rings. The van der Waals surface area contributed by atoms with E-state index < -0.39 is 0 Å². The summed E-state index contributed by atoms with van der Waals surface area (Å²) >= 11 is 0. The third-order valence-electron chi connectivity index (χ3n) is 6.25. The molecular weight excluding hydrogens is 472 g/mol. The summed E-state index contributed by atoms with van der Waals surface area (Å²) in [6, 6.07) is 8.76. The molecule has 8 nitrogen and oxygen atoms in total. The van der Waals surface area contributed by atoms with Gasteiger partial charge in [-0.15, -0.1) is 0 Å². The average Bonchev–Trinajstić information content (AvgIpc) is 2.93. The van der Waals surface area contributed by atoms with Crippen molar-refractivity contribution in [3.8, 4) is 23.0 Å². The van der Waals surface area contributed by atoms with Gasteiger partial charge in [-0.2, -0.15) is 0 Å². The van der Waals surface area contributed by atoms with Crippen molar-refractivity contribution in [2.75, 3.05) is 53.7 Å². The minimum Gasteiger partial charge on any atom is -0.497 e. The Kier molecular flexibility index (Phi) is 11.0. The van der Waals surface area contributed by atoms with Crippen molar-refractivity contribution in [3.05, 3.63) is 47.5 Å². The number of allylic oxidation sites excluding steroid dienone is 1. The van der Waals surface area contributed by atoms with Crippen molar-refractivity contribution < 1.29 is 28.5 Å². The lowest BCUT2D eigenvalue weighted by atomic mass is 10.1. The third-order valence-corrected chi connectivity index (χ3v) is 6.25. The van der Waals surface area contributed by atoms with E-state index in [1.807, 2.05) is 25.1 Å². The maximum Gasteiger partial charge on any atom is 0.163 e. The number of ether oxygens (including phenoxy) is 5. The van der Waals surface area contributed by atoms with Crippen LogP contribution in [-0.4, -0.2) is 71.1 Å². The Morgan fingerprint density at radius 3 is 2.46 bits per heavy atom. The maximum atomic E-state index is 12.2. The molecule has 1 heterocycles. The fraction of sp³-hybridized carbons (Fsp3) is 0.448. The van der Waals surface area contributed by atoms with E-state index in [4.69, 9.17) is 23.7 Å². The largest absolute Gasteiger partial charge is 0.497 e. The Hall–Kier alpha value is -3.36. The molecule has 0 saturated carbocycles. The van der Waals surface area contributed by atoms with Crippen LogP contribution in [0.15, 0.2) is 41.4 Å². The summed E-state index contributed by atoms with van der Waals surface area (Å²) in [5, 5.41) is 0. The molecule has 8 heteroatoms. The van der Waals surface area contributed by atoms with Gasteiger partial charge in [0.15, 0.2) is 17.3 Å². The first-order valence-corrected chi connectivity index (χ1v) is 12.7. The molecule has 0 aromatic heterocycles. The quantitative estimate of drug-likeness (QED) is 0.142. The molecule has 0 bridgehead atoms. The lowest BCUT2D eigenvalue weighted by molar-refractivity contribution is 0.0370. The van der Waals surface area contributed by atoms with Crippen LogP contribution in [0.1, 0.15) is 49.0 Å². The van der Waals surface area contributed by atoms with Crippen LogP contribution in [0.5, 0.6) is 23.0 Å². The fourth-order valence-electron chi connectivity index (χ4n) is 4.16. The Morgan fingerprint density at radius 1 is 1.03 bits per heavy atom. The van der Waals surface area contributed by atoms with E-state index in [0.717, 1.165) is 52.1 Å². The van der Waals surface area contributed by atoms with Gasteiger partial charge in [0.1, 0.15) is 17.3 Å². The van der Waals surface area contributed by atoms with Gasteiger partial charge < -0.3 is 23.7 Å². The number of methoxy groups -OCH3 is 2. The number of hydrogen-bond donors (Lipinski definition) is 0. The highest BCUT2D eigenvalue weighted by molar-refractivity contribution is 5.97. The molecule has 37 heavy (non-hydrogen) atoms. The molecule has 0 amide bonds. The number of aliphatic imine (C=N–C) groups is 1. The van der Waals surface area contributed by atoms with Crippen LogP contribution >= 0.6 is 0 Å². The monoisotopic (exact) mass is 510 g/mol. The standard InChI is InChI=1S/C29H38N2O6/c1-6-26(37-27-11-10-22(33-4)18-23(27)21(2)32)24-19-28(34-5)29(20-25(24)30-3)36-15-9-7-8-12-31-13-16-35-17-14-31/h6,10-11,18-20H,3,7-9,12-17H2,1-2,4-5H3/b26-6+. The van der Waals surface area contributed by atoms with E-state index in [9.17, 15) is 4.79 Å². The van der Waals surface area contributed by atoms with Crippen LogP contribution in [-0.2, 0) is 4.74 Å². The number of carbonyl (C=O) groups is 1. The molecule has 1 saturated heterocycles. The first kappa shape index (κ1) is 28.2. The number of unbranched alkanes of at least 4 members (excludes halogenated alkanes) is 2. The Balaban J connectivity index is 1.68. The van der Waals surface area contributed by atoms with Gasteiger partial charge in [0.25, 0.3) is 0 Å². The van der Waals surface area contributed by atoms with Gasteiger partial charge in [0, 0.05) is 24.7 Å². The summed E-state index contributed by atoms with van der Waals surface area (Å²) < 4.78 is 28.5. The number of hydrogen-bond acceptors (Lipinski definition) is 8. The van der Waals surface area contributed by atoms with Crippen LogP contribution < -0.4 is 18.9 Å². The number of Topliss-reactive ketones (excluding diaryl/α,β-unsaturated/α-hetero) is 1. The van der Waals surface area contributed by atoms with Crippen molar-refractivity contribution >= 4 is 23.9 Å². The Labute approximate surface area is 219 Å². The number of benzene rings is 2. The first-order chi connectivity index (χ1) is 18.0. The SMILES string of the molecule is C=Nc1cc(OCCCCCN2CCOCC2)c(OC)cc1/C(=C\C)Oc1ccc(OC)cc1C(C)=O. The molecule has 2 aromatic rings. The summed E-state index contributed by atoms with van der Waals surface area (Å²) in [6.07, 6.45) is 4.98. The van der Waals surface area contributed by atoms with Crippen LogP contribution in [0.4, 0.5) is 5.69 Å². The molecule has 0 unspecified atom stereocenters. The Bertz CT molecular complexity index is 1090. The summed E-state index contributed by atoms with van der Waals surface area (Å²) in [5.41, 5.74) is 1.69. The molecule has 1 fully saturated rings. The van der Waals surface area contributed by atoms with E-state index in [1.54, 1.807) is 32.4 Å². The second-order valence-corrected chi connectivity index (χ2v) is 8.71. The number of rotatable bonds is 14. The highest BCUT2D eigenvalue weighted by Crippen LogP contribution is 2.39. The average molecular weight is 511 g/mol. The van der Waals surface area contributed by atoms with E-state index in [0.29, 0.717) is 52.2 Å². The zero-order valence-electron chi connectivity index (χ0n) is 22.4. The summed E-state index contributed by atoms with van der Waals surface area (Å²) in [6.45, 7) is 12.4. The zero-order chi connectivity index (χ0) is 26.6. The number of morpholine rings is 1. The van der Waals surface area contributed by atoms with Crippen molar-refractivity contribution in [1.82, 2.24) is 4.90 Å². The van der Waals surface area contributed by atoms with E-state index in [-0.39, 0.29) is 5.78 Å². The van der Waals surface area contributed by atoms with Crippen molar-refractivity contribution in [2.24, 2.45) is 4.99 Å². The van der Waals surface area contributed by atoms with Gasteiger partial charge in [-0.05, 0) is 76.7 Å². The molecule has 0 aliphatic carbocycles. The van der Waals surface area contributed by atoms with Gasteiger partial charge in [0.2, 0.25) is 0 Å². The van der Waals surface area contributed by atoms with E-state index in [1.165, 1.54) is 6.92 Å². The van der Waals surface area contributed by atoms with Gasteiger partial charge in [0.05, 0.1) is 45.3 Å². The zero-order valence-corrected chi connectivity index (χ0v) is 22.4. The van der Waals surface area contributed by atoms with Gasteiger partial charge >= 0.3 is 0 Å². The van der Waals surface area contributed by atoms with Crippen LogP contribution in [0.2, 0.25) is 0 Å². The normalized spacial score (nSPS) is 14.2. The highest BCUT2D eigenvalue weighted by Gasteiger charge is 2.18. The molecule has 3 rings (SSSR count). The van der Waals surface area contributed by atoms with Crippen molar-refractivity contribution in [2.45, 2.75) is 33.1 Å². The topological polar surface area (TPSA) is 78.8 Å². The van der Waals surface area contributed by atoms with Gasteiger partial charge in [-0.3, -0.25) is 14.7 Å². The molecule has 0 atom stereocenters. The molecule has 200 valence electrons. The Morgan fingerprint density at radius 2 is 1.81 bits per heavy atom. The van der Waals surface area contributed by atoms with Gasteiger partial charge in [-0.1, -0.05) is 0 Å². The summed E-state index contributed by atoms with van der Waals surface area (Å²) in [7, 11) is 3.16. The van der Waals surface area contributed by atoms with Crippen molar-refractivity contribution in [1.29, 1.82) is 0 Å². The minimum absolute atomic E-state index is 0.127. The predicted octanol–water partition coefficient (Wildman–Crippen LogP) is 5.56. The second kappa shape index (κ2) is 14.4.